The highest BCUT2D eigenvalue weighted by molar-refractivity contribution is 4.88. The van der Waals surface area contributed by atoms with E-state index in [1.165, 1.54) is 0 Å². The minimum absolute atomic E-state index is 0.319. The quantitative estimate of drug-likeness (QED) is 0.687. The predicted octanol–water partition coefficient (Wildman–Crippen LogP) is 2.99. The van der Waals surface area contributed by atoms with Gasteiger partial charge in [-0.3, -0.25) is 0 Å². The van der Waals surface area contributed by atoms with E-state index in [1.54, 1.807) is 7.11 Å². The summed E-state index contributed by atoms with van der Waals surface area (Å²) in [5, 5.41) is 10.2. The standard InChI is InChI=1S/C12H26O2/c1-6-9-10(4)11(13)12(7-2,8-3)14-5/h10-11,13H,6-9H2,1-5H3. The van der Waals surface area contributed by atoms with Gasteiger partial charge in [0, 0.05) is 7.11 Å². The summed E-state index contributed by atoms with van der Waals surface area (Å²) in [6.45, 7) is 8.41. The fourth-order valence-corrected chi connectivity index (χ4v) is 2.21. The van der Waals surface area contributed by atoms with Crippen LogP contribution in [0.2, 0.25) is 0 Å². The molecule has 2 atom stereocenters. The average Bonchev–Trinajstić information content (AvgIpc) is 2.21. The Kier molecular flexibility index (Phi) is 6.38. The van der Waals surface area contributed by atoms with Crippen molar-refractivity contribution >= 4 is 0 Å². The van der Waals surface area contributed by atoms with E-state index < -0.39 is 0 Å². The van der Waals surface area contributed by atoms with Gasteiger partial charge < -0.3 is 9.84 Å². The number of ether oxygens (including phenoxy) is 1. The molecule has 0 aliphatic heterocycles. The molecule has 2 heteroatoms. The van der Waals surface area contributed by atoms with Gasteiger partial charge in [0.05, 0.1) is 11.7 Å². The largest absolute Gasteiger partial charge is 0.390 e. The maximum Gasteiger partial charge on any atom is 0.0933 e. The summed E-state index contributed by atoms with van der Waals surface area (Å²) in [6.07, 6.45) is 3.57. The fraction of sp³-hybridized carbons (Fsp3) is 1.00. The lowest BCUT2D eigenvalue weighted by molar-refractivity contribution is -0.127. The van der Waals surface area contributed by atoms with Crippen LogP contribution in [0.15, 0.2) is 0 Å². The van der Waals surface area contributed by atoms with Crippen molar-refractivity contribution < 1.29 is 9.84 Å². The highest BCUT2D eigenvalue weighted by atomic mass is 16.5. The molecule has 1 N–H and O–H groups in total. The highest BCUT2D eigenvalue weighted by Crippen LogP contribution is 2.30. The zero-order chi connectivity index (χ0) is 11.2. The van der Waals surface area contributed by atoms with Crippen LogP contribution in [0.3, 0.4) is 0 Å². The average molecular weight is 202 g/mol. The molecular weight excluding hydrogens is 176 g/mol. The summed E-state index contributed by atoms with van der Waals surface area (Å²) in [5.41, 5.74) is -0.339. The van der Waals surface area contributed by atoms with Gasteiger partial charge in [-0.2, -0.15) is 0 Å². The minimum Gasteiger partial charge on any atom is -0.390 e. The van der Waals surface area contributed by atoms with Crippen molar-refractivity contribution in [2.45, 2.75) is 65.1 Å². The van der Waals surface area contributed by atoms with Crippen molar-refractivity contribution in [2.75, 3.05) is 7.11 Å². The zero-order valence-corrected chi connectivity index (χ0v) is 10.3. The summed E-state index contributed by atoms with van der Waals surface area (Å²) >= 11 is 0. The lowest BCUT2D eigenvalue weighted by atomic mass is 9.82. The molecular formula is C12H26O2. The molecule has 0 aromatic rings. The summed E-state index contributed by atoms with van der Waals surface area (Å²) in [5.74, 6) is 0.319. The van der Waals surface area contributed by atoms with Crippen molar-refractivity contribution in [2.24, 2.45) is 5.92 Å². The normalized spacial score (nSPS) is 16.7. The molecule has 0 saturated heterocycles. The minimum atomic E-state index is -0.345. The van der Waals surface area contributed by atoms with E-state index in [1.807, 2.05) is 0 Å². The van der Waals surface area contributed by atoms with Gasteiger partial charge in [-0.05, 0) is 25.2 Å². The number of aliphatic hydroxyl groups excluding tert-OH is 1. The Hall–Kier alpha value is -0.0800. The van der Waals surface area contributed by atoms with Crippen molar-refractivity contribution in [3.05, 3.63) is 0 Å². The third-order valence-electron chi connectivity index (χ3n) is 3.43. The molecule has 0 aromatic carbocycles. The number of methoxy groups -OCH3 is 1. The monoisotopic (exact) mass is 202 g/mol. The Labute approximate surface area is 88.7 Å². The van der Waals surface area contributed by atoms with Crippen LogP contribution in [-0.4, -0.2) is 23.9 Å². The molecule has 0 amide bonds. The smallest absolute Gasteiger partial charge is 0.0933 e. The van der Waals surface area contributed by atoms with Crippen LogP contribution in [0.5, 0.6) is 0 Å². The first-order valence-corrected chi connectivity index (χ1v) is 5.81. The maximum atomic E-state index is 10.2. The SMILES string of the molecule is CCCC(C)C(O)C(CC)(CC)OC. The van der Waals surface area contributed by atoms with Gasteiger partial charge in [-0.1, -0.05) is 34.1 Å². The molecule has 0 fully saturated rings. The summed E-state index contributed by atoms with van der Waals surface area (Å²) < 4.78 is 5.52. The number of aliphatic hydroxyl groups is 1. The molecule has 14 heavy (non-hydrogen) atoms. The highest BCUT2D eigenvalue weighted by Gasteiger charge is 2.37. The second kappa shape index (κ2) is 6.41. The molecule has 2 unspecified atom stereocenters. The lowest BCUT2D eigenvalue weighted by Gasteiger charge is -2.38. The van der Waals surface area contributed by atoms with Crippen molar-refractivity contribution in [1.29, 1.82) is 0 Å². The molecule has 0 radical (unpaired) electrons. The Balaban J connectivity index is 4.48. The van der Waals surface area contributed by atoms with E-state index in [9.17, 15) is 5.11 Å². The van der Waals surface area contributed by atoms with Gasteiger partial charge in [-0.15, -0.1) is 0 Å². The lowest BCUT2D eigenvalue weighted by Crippen LogP contribution is -2.46. The molecule has 0 aliphatic carbocycles. The van der Waals surface area contributed by atoms with Gasteiger partial charge in [0.15, 0.2) is 0 Å². The van der Waals surface area contributed by atoms with Crippen molar-refractivity contribution in [3.8, 4) is 0 Å². The predicted molar refractivity (Wildman–Crippen MR) is 60.4 cm³/mol. The van der Waals surface area contributed by atoms with Crippen LogP contribution >= 0.6 is 0 Å². The van der Waals surface area contributed by atoms with Crippen LogP contribution in [0.4, 0.5) is 0 Å². The first kappa shape index (κ1) is 13.9. The summed E-state index contributed by atoms with van der Waals surface area (Å²) in [7, 11) is 1.70. The van der Waals surface area contributed by atoms with Gasteiger partial charge >= 0.3 is 0 Å². The van der Waals surface area contributed by atoms with Crippen LogP contribution in [-0.2, 0) is 4.74 Å². The topological polar surface area (TPSA) is 29.5 Å². The van der Waals surface area contributed by atoms with E-state index in [2.05, 4.69) is 27.7 Å². The Morgan fingerprint density at radius 2 is 1.71 bits per heavy atom. The molecule has 0 spiro atoms. The summed E-state index contributed by atoms with van der Waals surface area (Å²) in [6, 6.07) is 0. The molecule has 0 rings (SSSR count). The Morgan fingerprint density at radius 1 is 1.21 bits per heavy atom. The van der Waals surface area contributed by atoms with E-state index in [0.29, 0.717) is 5.92 Å². The molecule has 0 aromatic heterocycles. The van der Waals surface area contributed by atoms with E-state index in [0.717, 1.165) is 25.7 Å². The summed E-state index contributed by atoms with van der Waals surface area (Å²) in [4.78, 5) is 0. The van der Waals surface area contributed by atoms with Crippen LogP contribution in [0.25, 0.3) is 0 Å². The second-order valence-corrected chi connectivity index (χ2v) is 4.19. The third-order valence-corrected chi connectivity index (χ3v) is 3.43. The van der Waals surface area contributed by atoms with E-state index in [-0.39, 0.29) is 11.7 Å². The van der Waals surface area contributed by atoms with Crippen LogP contribution in [0.1, 0.15) is 53.4 Å². The number of hydrogen-bond donors (Lipinski definition) is 1. The number of rotatable bonds is 7. The van der Waals surface area contributed by atoms with Gasteiger partial charge in [0.2, 0.25) is 0 Å². The number of hydrogen-bond acceptors (Lipinski definition) is 2. The Bertz CT molecular complexity index is 133. The molecule has 2 nitrogen and oxygen atoms in total. The van der Waals surface area contributed by atoms with Crippen molar-refractivity contribution in [1.82, 2.24) is 0 Å². The first-order valence-electron chi connectivity index (χ1n) is 5.81. The fourth-order valence-electron chi connectivity index (χ4n) is 2.21. The Morgan fingerprint density at radius 3 is 2.00 bits per heavy atom. The molecule has 0 aliphatic rings. The maximum absolute atomic E-state index is 10.2. The third kappa shape index (κ3) is 2.96. The van der Waals surface area contributed by atoms with E-state index in [4.69, 9.17) is 4.74 Å². The molecule has 0 heterocycles. The molecule has 86 valence electrons. The van der Waals surface area contributed by atoms with Gasteiger partial charge in [-0.25, -0.2) is 0 Å². The van der Waals surface area contributed by atoms with Gasteiger partial charge in [0.25, 0.3) is 0 Å². The zero-order valence-electron chi connectivity index (χ0n) is 10.3. The van der Waals surface area contributed by atoms with E-state index >= 15 is 0 Å². The van der Waals surface area contributed by atoms with Crippen LogP contribution in [0, 0.1) is 5.92 Å². The second-order valence-electron chi connectivity index (χ2n) is 4.19. The first-order chi connectivity index (χ1) is 6.57. The van der Waals surface area contributed by atoms with Crippen molar-refractivity contribution in [3.63, 3.8) is 0 Å². The molecule has 0 saturated carbocycles. The van der Waals surface area contributed by atoms with Gasteiger partial charge in [0.1, 0.15) is 0 Å². The molecule has 0 bridgehead atoms. The van der Waals surface area contributed by atoms with Crippen LogP contribution < -0.4 is 0 Å².